The van der Waals surface area contributed by atoms with Crippen LogP contribution in [0.5, 0.6) is 11.5 Å². The Hall–Kier alpha value is -10.1. The summed E-state index contributed by atoms with van der Waals surface area (Å²) in [5.41, 5.74) is 12.9. The maximum absolute atomic E-state index is 10.4. The van der Waals surface area contributed by atoms with Crippen LogP contribution in [0.2, 0.25) is 0 Å². The van der Waals surface area contributed by atoms with E-state index in [4.69, 9.17) is 40.2 Å². The van der Waals surface area contributed by atoms with Crippen LogP contribution in [-0.4, -0.2) is 85.4 Å². The van der Waals surface area contributed by atoms with Gasteiger partial charge < -0.3 is 45.4 Å². The molecule has 17 aromatic rings. The molecule has 0 aliphatic heterocycles. The SMILES string of the molecule is Oc1ccccc1-c1[c-]c(-c2cccc(Sc3ccccn3)n2)cc(-c2ccccc2)n1.Oc1ccccc1-c1[c-]c(-c2cccc(Sc3ccccn3)n2)ncn1.[Pt+2].[Pt+2].[Pt].[Pt].[S-]c1ccccc1-c1[c-]c(-c2cccc(Sc3ccccn3)n2)ncc1.[S-]c1ccccc1-c1[c-]c(-c2cccc(Sc3ccccn3)n2)nnn1. The second kappa shape index (κ2) is 43.9. The summed E-state index contributed by atoms with van der Waals surface area (Å²) in [4.78, 5) is 55.3. The minimum Gasteiger partial charge on any atom is -0.792 e. The van der Waals surface area contributed by atoms with Crippen LogP contribution in [-0.2, 0) is 110 Å². The van der Waals surface area contributed by atoms with Crippen LogP contribution in [0.4, 0.5) is 0 Å². The van der Waals surface area contributed by atoms with Crippen LogP contribution < -0.4 is 0 Å². The third-order valence-corrected chi connectivity index (χ3v) is 19.9. The monoisotopic (exact) mass is 2310 g/mol. The molecule has 0 amide bonds. The van der Waals surface area contributed by atoms with Crippen molar-refractivity contribution in [3.63, 3.8) is 0 Å². The number of phenolic OH excluding ortho intramolecular Hbond substituents is 2. The van der Waals surface area contributed by atoms with Gasteiger partial charge in [-0.15, -0.1) is 70.8 Å². The summed E-state index contributed by atoms with van der Waals surface area (Å²) in [5.74, 6) is 0.320. The van der Waals surface area contributed by atoms with Gasteiger partial charge in [-0.25, -0.2) is 29.7 Å². The van der Waals surface area contributed by atoms with Crippen LogP contribution in [0.1, 0.15) is 0 Å². The van der Waals surface area contributed by atoms with Crippen molar-refractivity contribution in [1.82, 2.24) is 75.2 Å². The smallest absolute Gasteiger partial charge is 0.792 e. The fourth-order valence-electron chi connectivity index (χ4n) is 10.5. The van der Waals surface area contributed by atoms with E-state index in [1.165, 1.54) is 53.4 Å². The first kappa shape index (κ1) is 86.3. The van der Waals surface area contributed by atoms with Crippen molar-refractivity contribution >= 4 is 72.3 Å². The van der Waals surface area contributed by atoms with Gasteiger partial charge >= 0.3 is 42.1 Å². The molecule has 568 valence electrons. The maximum Gasteiger partial charge on any atom is 2.00 e. The second-order valence-corrected chi connectivity index (χ2v) is 28.1. The first-order chi connectivity index (χ1) is 54.1. The van der Waals surface area contributed by atoms with Crippen molar-refractivity contribution in [2.45, 2.75) is 50.0 Å². The molecular formula is C87H55N15O2Pt4S6-2. The van der Waals surface area contributed by atoms with E-state index in [-0.39, 0.29) is 95.8 Å². The maximum atomic E-state index is 10.4. The van der Waals surface area contributed by atoms with E-state index in [1.807, 2.05) is 255 Å². The molecule has 0 aliphatic rings. The van der Waals surface area contributed by atoms with Crippen molar-refractivity contribution in [2.75, 3.05) is 0 Å². The molecule has 114 heavy (non-hydrogen) atoms. The zero-order chi connectivity index (χ0) is 75.1. The fraction of sp³-hybridized carbons (Fsp3) is 0. The zero-order valence-corrected chi connectivity index (χ0v) is 72.9. The van der Waals surface area contributed by atoms with E-state index in [2.05, 4.69) is 84.5 Å². The average molecular weight is 2320 g/mol. The van der Waals surface area contributed by atoms with Crippen molar-refractivity contribution < 1.29 is 94.5 Å². The molecule has 2 N–H and O–H groups in total. The fourth-order valence-corrected chi connectivity index (χ4v) is 14.0. The molecule has 5 aromatic carbocycles. The molecule has 12 aromatic heterocycles. The topological polar surface area (TPSA) is 234 Å². The number of benzene rings is 5. The summed E-state index contributed by atoms with van der Waals surface area (Å²) in [6.45, 7) is 0. The molecule has 27 heteroatoms. The Labute approximate surface area is 744 Å². The van der Waals surface area contributed by atoms with Gasteiger partial charge in [-0.1, -0.05) is 229 Å². The first-order valence-electron chi connectivity index (χ1n) is 33.7. The van der Waals surface area contributed by atoms with Crippen molar-refractivity contribution in [2.24, 2.45) is 0 Å². The number of para-hydroxylation sites is 2. The number of rotatable bonds is 17. The van der Waals surface area contributed by atoms with Crippen LogP contribution >= 0.6 is 47.0 Å². The molecule has 0 saturated carbocycles. The predicted octanol–water partition coefficient (Wildman–Crippen LogP) is 19.7. The van der Waals surface area contributed by atoms with Crippen molar-refractivity contribution in [3.05, 3.63) is 347 Å². The molecule has 0 fully saturated rings. The third kappa shape index (κ3) is 24.0. The second-order valence-electron chi connectivity index (χ2n) is 23.1. The number of aromatic nitrogens is 15. The Morgan fingerprint density at radius 1 is 0.263 bits per heavy atom. The first-order valence-corrected chi connectivity index (χ1v) is 37.8. The molecule has 12 heterocycles. The van der Waals surface area contributed by atoms with Crippen LogP contribution in [0, 0.1) is 24.3 Å². The summed E-state index contributed by atoms with van der Waals surface area (Å²) in [6.07, 6.45) is 10.3. The molecule has 0 atom stereocenters. The van der Waals surface area contributed by atoms with Gasteiger partial charge in [0.2, 0.25) is 0 Å². The van der Waals surface area contributed by atoms with E-state index in [0.717, 1.165) is 90.0 Å². The number of nitrogens with zero attached hydrogens (tertiary/aromatic N) is 15. The van der Waals surface area contributed by atoms with Gasteiger partial charge in [0.25, 0.3) is 0 Å². The van der Waals surface area contributed by atoms with Gasteiger partial charge in [-0.3, -0.25) is 29.9 Å². The Kier molecular flexibility index (Phi) is 33.3. The van der Waals surface area contributed by atoms with E-state index in [9.17, 15) is 10.2 Å². The molecule has 0 saturated heterocycles. The largest absolute Gasteiger partial charge is 2.00 e. The van der Waals surface area contributed by atoms with Gasteiger partial charge in [0.15, 0.2) is 0 Å². The zero-order valence-electron chi connectivity index (χ0n) is 58.9. The van der Waals surface area contributed by atoms with Gasteiger partial charge in [0, 0.05) is 89.7 Å². The molecule has 0 unspecified atom stereocenters. The standard InChI is InChI=1S/C27H18N3OS.C21H14N3S2.C20H13N4OS.C19H12N5S2.4Pt/c31-25-13-5-4-11-21(25)24-18-20(17-23(29-24)19-9-2-1-3-10-19)22-12-8-15-27(30-22)32-26-14-6-7-16-28-26;25-19-8-2-1-6-16(19)15-11-13-22-18(14-15)17-7-5-10-21(24-17)26-20-9-3-4-12-23-20;25-18-8-2-1-6-14(18)16-12-17(23-13-22-16)15-7-5-10-20(24-15)26-19-9-3-4-11-21-19;25-17-8-2-1-6-13(17)15-12-16(23-24-22-15)14-7-5-10-19(21-14)26-18-9-3-4-11-20-18;;;;/h1-17,31H;1-13,25H;1-11,13,25H;1-11,25H;;;;/q4*-1;;;2*+2/p-2. The quantitative estimate of drug-likeness (QED) is 0.0637. The summed E-state index contributed by atoms with van der Waals surface area (Å²) in [5, 5.41) is 39.3. The van der Waals surface area contributed by atoms with Gasteiger partial charge in [-0.05, 0) is 147 Å². The summed E-state index contributed by atoms with van der Waals surface area (Å²) in [7, 11) is 0. The van der Waals surface area contributed by atoms with Crippen LogP contribution in [0.15, 0.2) is 372 Å². The Balaban J connectivity index is 0.000000160. The van der Waals surface area contributed by atoms with E-state index in [1.54, 1.807) is 61.3 Å². The van der Waals surface area contributed by atoms with E-state index < -0.39 is 0 Å². The molecule has 17 nitrogen and oxygen atoms in total. The van der Waals surface area contributed by atoms with E-state index in [0.29, 0.717) is 61.6 Å². The Bertz CT molecular complexity index is 5540. The Morgan fingerprint density at radius 3 is 1.12 bits per heavy atom. The minimum absolute atomic E-state index is 0. The number of hydrogen-bond donors (Lipinski definition) is 2. The van der Waals surface area contributed by atoms with Crippen molar-refractivity contribution in [1.29, 1.82) is 0 Å². The van der Waals surface area contributed by atoms with Gasteiger partial charge in [-0.2, -0.15) is 10.2 Å². The van der Waals surface area contributed by atoms with Crippen LogP contribution in [0.25, 0.3) is 102 Å². The Morgan fingerprint density at radius 2 is 0.640 bits per heavy atom. The average Bonchev–Trinajstić information content (AvgIpc) is 0.744. The number of pyridine rings is 10. The van der Waals surface area contributed by atoms with Gasteiger partial charge in [0.05, 0.1) is 31.6 Å². The summed E-state index contributed by atoms with van der Waals surface area (Å²) < 4.78 is 0. The van der Waals surface area contributed by atoms with Crippen LogP contribution in [0.3, 0.4) is 0 Å². The number of hydrogen-bond acceptors (Lipinski definition) is 23. The normalized spacial score (nSPS) is 10.3. The minimum atomic E-state index is 0. The van der Waals surface area contributed by atoms with Gasteiger partial charge in [0.1, 0.15) is 26.4 Å². The third-order valence-electron chi connectivity index (χ3n) is 15.6. The summed E-state index contributed by atoms with van der Waals surface area (Å²) >= 11 is 16.8. The molecule has 0 spiro atoms. The molecule has 17 rings (SSSR count). The predicted molar refractivity (Wildman–Crippen MR) is 434 cm³/mol. The van der Waals surface area contributed by atoms with Crippen molar-refractivity contribution in [3.8, 4) is 113 Å². The number of phenols is 2. The molecular weight excluding hydrogens is 2260 g/mol. The molecule has 0 radical (unpaired) electrons. The molecule has 0 bridgehead atoms. The summed E-state index contributed by atoms with van der Waals surface area (Å²) in [6, 6.07) is 103. The molecule has 0 aliphatic carbocycles. The number of aromatic hydroxyl groups is 2. The van der Waals surface area contributed by atoms with E-state index >= 15 is 0 Å².